The molecule has 4 aliphatic rings. The van der Waals surface area contributed by atoms with E-state index in [1.165, 1.54) is 0 Å². The Morgan fingerprint density at radius 2 is 1.90 bits per heavy atom. The molecule has 210 valence electrons. The van der Waals surface area contributed by atoms with E-state index in [2.05, 4.69) is 29.5 Å². The summed E-state index contributed by atoms with van der Waals surface area (Å²) in [6.45, 7) is 8.60. The Labute approximate surface area is 235 Å². The number of nitrogens with zero attached hydrogens (tertiary/aromatic N) is 2. The fraction of sp³-hybridized carbons (Fsp3) is 0.500. The van der Waals surface area contributed by atoms with Crippen molar-refractivity contribution in [2.45, 2.75) is 77.3 Å². The summed E-state index contributed by atoms with van der Waals surface area (Å²) in [5.74, 6) is -1.39. The van der Waals surface area contributed by atoms with E-state index < -0.39 is 29.6 Å². The first-order chi connectivity index (χ1) is 19.2. The first-order valence-corrected chi connectivity index (χ1v) is 14.4. The highest BCUT2D eigenvalue weighted by Crippen LogP contribution is 2.55. The van der Waals surface area contributed by atoms with E-state index in [-0.39, 0.29) is 30.3 Å². The standard InChI is InChI=1S/C32H38N4O4/c1-18-13-19(2)15-23(14-18)34-29(37)26-25-10-11-32(40-25)27(26)31(39)36(17-22-8-6-12-33-16-22)28(32)30(38)35-24-9-5-7-20(3)21(24)4/h6,8,10-16,20-21,24-28H,5,7,9,17H2,1-4H3,(H,34,37)(H,35,38)/t20?,21?,24?,25-,26?,27-,28?,32?/m0/s1. The van der Waals surface area contributed by atoms with Crippen molar-refractivity contribution in [3.8, 4) is 0 Å². The van der Waals surface area contributed by atoms with Gasteiger partial charge in [0.25, 0.3) is 0 Å². The lowest BCUT2D eigenvalue weighted by atomic mass is 9.73. The number of amides is 3. The average Bonchev–Trinajstić information content (AvgIpc) is 3.54. The van der Waals surface area contributed by atoms with E-state index in [1.54, 1.807) is 17.3 Å². The smallest absolute Gasteiger partial charge is 0.246 e. The second kappa shape index (κ2) is 10.1. The fourth-order valence-electron chi connectivity index (χ4n) is 7.45. The third kappa shape index (κ3) is 4.42. The largest absolute Gasteiger partial charge is 0.359 e. The lowest BCUT2D eigenvalue weighted by Crippen LogP contribution is -2.57. The third-order valence-corrected chi connectivity index (χ3v) is 9.52. The van der Waals surface area contributed by atoms with Gasteiger partial charge in [-0.15, -0.1) is 0 Å². The molecule has 1 aromatic carbocycles. The molecule has 8 heteroatoms. The Kier molecular flexibility index (Phi) is 6.77. The highest BCUT2D eigenvalue weighted by atomic mass is 16.5. The highest BCUT2D eigenvalue weighted by Gasteiger charge is 2.72. The van der Waals surface area contributed by atoms with Gasteiger partial charge in [-0.05, 0) is 67.0 Å². The zero-order chi connectivity index (χ0) is 28.2. The van der Waals surface area contributed by atoms with Crippen molar-refractivity contribution in [3.63, 3.8) is 0 Å². The van der Waals surface area contributed by atoms with Crippen molar-refractivity contribution in [1.82, 2.24) is 15.2 Å². The third-order valence-electron chi connectivity index (χ3n) is 9.52. The van der Waals surface area contributed by atoms with Crippen LogP contribution >= 0.6 is 0 Å². The molecular weight excluding hydrogens is 504 g/mol. The Hall–Kier alpha value is -3.52. The zero-order valence-electron chi connectivity index (χ0n) is 23.6. The second-order valence-electron chi connectivity index (χ2n) is 12.3. The molecule has 2 aromatic rings. The quantitative estimate of drug-likeness (QED) is 0.539. The molecule has 6 rings (SSSR count). The number of rotatable bonds is 6. The van der Waals surface area contributed by atoms with E-state index in [0.29, 0.717) is 17.5 Å². The summed E-state index contributed by atoms with van der Waals surface area (Å²) < 4.78 is 6.50. The van der Waals surface area contributed by atoms with Gasteiger partial charge in [0.05, 0.1) is 17.9 Å². The first-order valence-electron chi connectivity index (χ1n) is 14.4. The number of nitrogens with one attached hydrogen (secondary N) is 2. The van der Waals surface area contributed by atoms with Gasteiger partial charge in [-0.3, -0.25) is 19.4 Å². The molecule has 3 aliphatic heterocycles. The molecule has 8 nitrogen and oxygen atoms in total. The van der Waals surface area contributed by atoms with E-state index >= 15 is 0 Å². The highest BCUT2D eigenvalue weighted by molar-refractivity contribution is 6.02. The first kappa shape index (κ1) is 26.7. The maximum absolute atomic E-state index is 14.2. The van der Waals surface area contributed by atoms with Crippen LogP contribution in [0.5, 0.6) is 0 Å². The number of anilines is 1. The molecule has 2 bridgehead atoms. The van der Waals surface area contributed by atoms with Crippen LogP contribution in [0.1, 0.15) is 49.8 Å². The molecule has 3 amide bonds. The van der Waals surface area contributed by atoms with E-state index in [0.717, 1.165) is 36.0 Å². The number of pyridine rings is 1. The van der Waals surface area contributed by atoms with Crippen LogP contribution in [0, 0.1) is 37.5 Å². The predicted octanol–water partition coefficient (Wildman–Crippen LogP) is 3.93. The molecule has 1 aromatic heterocycles. The molecule has 0 radical (unpaired) electrons. The van der Waals surface area contributed by atoms with Crippen molar-refractivity contribution in [2.24, 2.45) is 23.7 Å². The van der Waals surface area contributed by atoms with Gasteiger partial charge in [0.1, 0.15) is 11.6 Å². The van der Waals surface area contributed by atoms with Crippen LogP contribution in [0.15, 0.2) is 54.9 Å². The molecular formula is C32H38N4O4. The Morgan fingerprint density at radius 3 is 2.62 bits per heavy atom. The van der Waals surface area contributed by atoms with Gasteiger partial charge in [0.15, 0.2) is 0 Å². The molecule has 8 atom stereocenters. The molecule has 1 aliphatic carbocycles. The van der Waals surface area contributed by atoms with Crippen LogP contribution in [0.3, 0.4) is 0 Å². The minimum atomic E-state index is -1.19. The zero-order valence-corrected chi connectivity index (χ0v) is 23.6. The number of hydrogen-bond acceptors (Lipinski definition) is 5. The van der Waals surface area contributed by atoms with Gasteiger partial charge >= 0.3 is 0 Å². The van der Waals surface area contributed by atoms with Gasteiger partial charge in [-0.2, -0.15) is 0 Å². The van der Waals surface area contributed by atoms with Crippen molar-refractivity contribution >= 4 is 23.4 Å². The minimum Gasteiger partial charge on any atom is -0.359 e. The normalized spacial score (nSPS) is 34.1. The van der Waals surface area contributed by atoms with Gasteiger partial charge in [0, 0.05) is 30.7 Å². The number of benzene rings is 1. The Balaban J connectivity index is 1.33. The summed E-state index contributed by atoms with van der Waals surface area (Å²) in [6.07, 6.45) is 9.67. The number of carbonyl (C=O) groups is 3. The van der Waals surface area contributed by atoms with Gasteiger partial charge in [-0.1, -0.05) is 51.0 Å². The molecule has 1 spiro atoms. The van der Waals surface area contributed by atoms with E-state index in [9.17, 15) is 14.4 Å². The Morgan fingerprint density at radius 1 is 1.12 bits per heavy atom. The van der Waals surface area contributed by atoms with Crippen LogP contribution in [-0.2, 0) is 25.7 Å². The molecule has 4 heterocycles. The maximum Gasteiger partial charge on any atom is 0.246 e. The number of ether oxygens (including phenoxy) is 1. The summed E-state index contributed by atoms with van der Waals surface area (Å²) in [6, 6.07) is 8.74. The second-order valence-corrected chi connectivity index (χ2v) is 12.3. The number of likely N-dealkylation sites (tertiary alicyclic amines) is 1. The van der Waals surface area contributed by atoms with Crippen molar-refractivity contribution in [3.05, 3.63) is 71.6 Å². The molecule has 6 unspecified atom stereocenters. The molecule has 3 fully saturated rings. The molecule has 1 saturated carbocycles. The van der Waals surface area contributed by atoms with Crippen LogP contribution < -0.4 is 10.6 Å². The number of fused-ring (bicyclic) bond motifs is 1. The van der Waals surface area contributed by atoms with Crippen molar-refractivity contribution in [1.29, 1.82) is 0 Å². The van der Waals surface area contributed by atoms with Crippen LogP contribution in [0.4, 0.5) is 5.69 Å². The minimum absolute atomic E-state index is 0.0354. The number of aromatic nitrogens is 1. The monoisotopic (exact) mass is 542 g/mol. The molecule has 2 saturated heterocycles. The summed E-state index contributed by atoms with van der Waals surface area (Å²) in [5.41, 5.74) is 2.40. The van der Waals surface area contributed by atoms with E-state index in [4.69, 9.17) is 4.74 Å². The SMILES string of the molecule is Cc1cc(C)cc(NC(=O)C2[C@@H]3C=CC4(O3)C(C(=O)NC3CCCC(C)C3C)N(Cc3cccnc3)C(=O)[C@H]24)c1. The lowest BCUT2D eigenvalue weighted by Gasteiger charge is -2.38. The Bertz CT molecular complexity index is 1340. The number of hydrogen-bond donors (Lipinski definition) is 2. The van der Waals surface area contributed by atoms with Gasteiger partial charge < -0.3 is 20.3 Å². The van der Waals surface area contributed by atoms with Crippen LogP contribution in [-0.4, -0.2) is 51.4 Å². The summed E-state index contributed by atoms with van der Waals surface area (Å²) in [4.78, 5) is 47.9. The van der Waals surface area contributed by atoms with Crippen LogP contribution in [0.25, 0.3) is 0 Å². The van der Waals surface area contributed by atoms with Gasteiger partial charge in [-0.25, -0.2) is 0 Å². The summed E-state index contributed by atoms with van der Waals surface area (Å²) in [7, 11) is 0. The lowest BCUT2D eigenvalue weighted by molar-refractivity contribution is -0.142. The molecule has 40 heavy (non-hydrogen) atoms. The van der Waals surface area contributed by atoms with Crippen LogP contribution in [0.2, 0.25) is 0 Å². The van der Waals surface area contributed by atoms with Gasteiger partial charge in [0.2, 0.25) is 17.7 Å². The number of aryl methyl sites for hydroxylation is 2. The summed E-state index contributed by atoms with van der Waals surface area (Å²) >= 11 is 0. The topological polar surface area (TPSA) is 101 Å². The van der Waals surface area contributed by atoms with E-state index in [1.807, 2.05) is 56.3 Å². The average molecular weight is 543 g/mol. The predicted molar refractivity (Wildman–Crippen MR) is 151 cm³/mol. The maximum atomic E-state index is 14.2. The van der Waals surface area contributed by atoms with Crippen molar-refractivity contribution < 1.29 is 19.1 Å². The number of carbonyl (C=O) groups excluding carboxylic acids is 3. The summed E-state index contributed by atoms with van der Waals surface area (Å²) in [5, 5.41) is 6.33. The molecule has 2 N–H and O–H groups in total. The fourth-order valence-corrected chi connectivity index (χ4v) is 7.45. The van der Waals surface area contributed by atoms with Crippen molar-refractivity contribution in [2.75, 3.05) is 5.32 Å².